The molecule has 0 heterocycles. The summed E-state index contributed by atoms with van der Waals surface area (Å²) in [4.78, 5) is 11.2. The van der Waals surface area contributed by atoms with Crippen LogP contribution in [-0.2, 0) is 11.3 Å². The molecular formula is C15H20F3NO2S. The maximum absolute atomic E-state index is 12.2. The molecule has 1 unspecified atom stereocenters. The number of aliphatic carboxylic acids is 1. The van der Waals surface area contributed by atoms with E-state index in [1.807, 2.05) is 13.8 Å². The van der Waals surface area contributed by atoms with Crippen molar-refractivity contribution in [3.8, 4) is 0 Å². The highest BCUT2D eigenvalue weighted by Crippen LogP contribution is 2.36. The van der Waals surface area contributed by atoms with E-state index in [4.69, 9.17) is 5.11 Å². The third-order valence-electron chi connectivity index (χ3n) is 2.98. The van der Waals surface area contributed by atoms with E-state index in [1.165, 1.54) is 12.1 Å². The van der Waals surface area contributed by atoms with Crippen molar-refractivity contribution >= 4 is 17.7 Å². The number of carbonyl (C=O) groups is 1. The number of halogens is 3. The van der Waals surface area contributed by atoms with Crippen molar-refractivity contribution < 1.29 is 23.1 Å². The molecule has 0 saturated heterocycles. The minimum atomic E-state index is -4.29. The zero-order chi connectivity index (χ0) is 16.8. The largest absolute Gasteiger partial charge is 0.481 e. The molecule has 1 aromatic carbocycles. The van der Waals surface area contributed by atoms with Gasteiger partial charge in [-0.1, -0.05) is 26.0 Å². The fourth-order valence-corrected chi connectivity index (χ4v) is 2.58. The van der Waals surface area contributed by atoms with E-state index in [9.17, 15) is 18.0 Å². The van der Waals surface area contributed by atoms with Gasteiger partial charge in [-0.2, -0.15) is 13.2 Å². The third-order valence-corrected chi connectivity index (χ3v) is 3.72. The number of hydrogen-bond acceptors (Lipinski definition) is 3. The smallest absolute Gasteiger partial charge is 0.446 e. The molecule has 0 radical (unpaired) electrons. The molecule has 0 aromatic heterocycles. The Labute approximate surface area is 132 Å². The molecule has 22 heavy (non-hydrogen) atoms. The Balaban J connectivity index is 2.46. The van der Waals surface area contributed by atoms with Gasteiger partial charge in [-0.05, 0) is 41.8 Å². The van der Waals surface area contributed by atoms with Crippen molar-refractivity contribution in [1.82, 2.24) is 5.32 Å². The van der Waals surface area contributed by atoms with E-state index >= 15 is 0 Å². The molecule has 7 heteroatoms. The highest BCUT2D eigenvalue weighted by atomic mass is 32.2. The minimum Gasteiger partial charge on any atom is -0.481 e. The van der Waals surface area contributed by atoms with Crippen LogP contribution in [0.5, 0.6) is 0 Å². The summed E-state index contributed by atoms with van der Waals surface area (Å²) in [5.41, 5.74) is -3.47. The van der Waals surface area contributed by atoms with Crippen molar-refractivity contribution in [1.29, 1.82) is 0 Å². The van der Waals surface area contributed by atoms with Crippen LogP contribution in [-0.4, -0.2) is 23.1 Å². The van der Waals surface area contributed by atoms with Crippen molar-refractivity contribution in [3.05, 3.63) is 29.8 Å². The topological polar surface area (TPSA) is 49.3 Å². The number of benzene rings is 1. The Morgan fingerprint density at radius 2 is 1.86 bits per heavy atom. The second kappa shape index (κ2) is 8.43. The fraction of sp³-hybridized carbons (Fsp3) is 0.533. The normalized spacial score (nSPS) is 13.4. The zero-order valence-corrected chi connectivity index (χ0v) is 13.3. The van der Waals surface area contributed by atoms with Gasteiger partial charge in [0, 0.05) is 18.0 Å². The summed E-state index contributed by atoms with van der Waals surface area (Å²) >= 11 is -0.149. The van der Waals surface area contributed by atoms with E-state index in [0.29, 0.717) is 25.4 Å². The quantitative estimate of drug-likeness (QED) is 0.701. The van der Waals surface area contributed by atoms with Gasteiger partial charge in [0.2, 0.25) is 0 Å². The van der Waals surface area contributed by atoms with E-state index < -0.39 is 17.4 Å². The van der Waals surface area contributed by atoms with Gasteiger partial charge in [0.15, 0.2) is 0 Å². The van der Waals surface area contributed by atoms with Crippen molar-refractivity contribution in [2.24, 2.45) is 11.8 Å². The molecule has 1 aromatic rings. The van der Waals surface area contributed by atoms with E-state index in [0.717, 1.165) is 5.56 Å². The summed E-state index contributed by atoms with van der Waals surface area (Å²) in [5, 5.41) is 12.2. The summed E-state index contributed by atoms with van der Waals surface area (Å²) in [6, 6.07) is 6.05. The maximum atomic E-state index is 12.2. The Morgan fingerprint density at radius 3 is 2.32 bits per heavy atom. The second-order valence-electron chi connectivity index (χ2n) is 5.49. The van der Waals surface area contributed by atoms with E-state index in [1.54, 1.807) is 12.1 Å². The lowest BCUT2D eigenvalue weighted by atomic mass is 9.97. The van der Waals surface area contributed by atoms with Crippen LogP contribution in [0.4, 0.5) is 13.2 Å². The molecule has 0 aliphatic rings. The van der Waals surface area contributed by atoms with Crippen LogP contribution in [0.1, 0.15) is 25.8 Å². The number of thioether (sulfide) groups is 1. The summed E-state index contributed by atoms with van der Waals surface area (Å²) in [6.45, 7) is 4.70. The Kier molecular flexibility index (Phi) is 7.22. The van der Waals surface area contributed by atoms with Crippen LogP contribution in [0.15, 0.2) is 29.2 Å². The third kappa shape index (κ3) is 7.70. The number of nitrogens with one attached hydrogen (secondary N) is 1. The van der Waals surface area contributed by atoms with Crippen LogP contribution in [0.3, 0.4) is 0 Å². The molecule has 0 aliphatic heterocycles. The van der Waals surface area contributed by atoms with Crippen LogP contribution in [0.25, 0.3) is 0 Å². The maximum Gasteiger partial charge on any atom is 0.446 e. The molecule has 0 spiro atoms. The summed E-state index contributed by atoms with van der Waals surface area (Å²) in [5.74, 6) is -1.00. The molecule has 2 N–H and O–H groups in total. The predicted octanol–water partition coefficient (Wildman–Crippen LogP) is 4.14. The molecular weight excluding hydrogens is 315 g/mol. The van der Waals surface area contributed by atoms with Gasteiger partial charge in [0.25, 0.3) is 0 Å². The Hall–Kier alpha value is -1.21. The molecule has 0 aliphatic carbocycles. The van der Waals surface area contributed by atoms with Gasteiger partial charge in [-0.3, -0.25) is 4.79 Å². The first-order chi connectivity index (χ1) is 10.2. The lowest BCUT2D eigenvalue weighted by Crippen LogP contribution is -2.29. The highest BCUT2D eigenvalue weighted by molar-refractivity contribution is 8.00. The lowest BCUT2D eigenvalue weighted by molar-refractivity contribution is -0.142. The first-order valence-electron chi connectivity index (χ1n) is 6.95. The first kappa shape index (κ1) is 18.8. The van der Waals surface area contributed by atoms with Crippen molar-refractivity contribution in [3.63, 3.8) is 0 Å². The molecule has 1 atom stereocenters. The van der Waals surface area contributed by atoms with Gasteiger partial charge < -0.3 is 10.4 Å². The number of carboxylic acids is 1. The number of rotatable bonds is 8. The fourth-order valence-electron chi connectivity index (χ4n) is 2.04. The van der Waals surface area contributed by atoms with Gasteiger partial charge >= 0.3 is 11.5 Å². The molecule has 0 fully saturated rings. The van der Waals surface area contributed by atoms with E-state index in [2.05, 4.69) is 5.32 Å². The molecule has 124 valence electrons. The van der Waals surface area contributed by atoms with Gasteiger partial charge in [0.1, 0.15) is 0 Å². The minimum absolute atomic E-state index is 0.138. The number of hydrogen-bond donors (Lipinski definition) is 2. The number of carboxylic acid groups (broad SMARTS) is 1. The van der Waals surface area contributed by atoms with Crippen molar-refractivity contribution in [2.75, 3.05) is 6.54 Å². The Bertz CT molecular complexity index is 475. The average molecular weight is 335 g/mol. The van der Waals surface area contributed by atoms with Gasteiger partial charge in [-0.15, -0.1) is 0 Å². The average Bonchev–Trinajstić information content (AvgIpc) is 2.37. The number of alkyl halides is 3. The summed E-state index contributed by atoms with van der Waals surface area (Å²) in [6.07, 6.45) is 0.587. The summed E-state index contributed by atoms with van der Waals surface area (Å²) in [7, 11) is 0. The van der Waals surface area contributed by atoms with Gasteiger partial charge in [0.05, 0.1) is 5.92 Å². The highest BCUT2D eigenvalue weighted by Gasteiger charge is 2.29. The van der Waals surface area contributed by atoms with Crippen LogP contribution in [0.2, 0.25) is 0 Å². The molecule has 3 nitrogen and oxygen atoms in total. The van der Waals surface area contributed by atoms with E-state index in [-0.39, 0.29) is 16.7 Å². The Morgan fingerprint density at radius 1 is 1.27 bits per heavy atom. The standard InChI is InChI=1S/C15H20F3NO2S/c1-10(2)7-12(14(20)21)9-19-8-11-3-5-13(6-4-11)22-15(16,17)18/h3-6,10,12,19H,7-9H2,1-2H3,(H,20,21). The van der Waals surface area contributed by atoms with Gasteiger partial charge in [-0.25, -0.2) is 0 Å². The molecule has 1 rings (SSSR count). The first-order valence-corrected chi connectivity index (χ1v) is 7.77. The summed E-state index contributed by atoms with van der Waals surface area (Å²) < 4.78 is 36.6. The molecule has 0 bridgehead atoms. The molecule has 0 amide bonds. The van der Waals surface area contributed by atoms with Crippen LogP contribution < -0.4 is 5.32 Å². The van der Waals surface area contributed by atoms with Crippen LogP contribution in [0, 0.1) is 11.8 Å². The zero-order valence-electron chi connectivity index (χ0n) is 12.5. The predicted molar refractivity (Wildman–Crippen MR) is 80.6 cm³/mol. The lowest BCUT2D eigenvalue weighted by Gasteiger charge is -2.15. The monoisotopic (exact) mass is 335 g/mol. The second-order valence-corrected chi connectivity index (χ2v) is 6.63. The van der Waals surface area contributed by atoms with Crippen molar-refractivity contribution in [2.45, 2.75) is 37.2 Å². The van der Waals surface area contributed by atoms with Crippen LogP contribution >= 0.6 is 11.8 Å². The molecule has 0 saturated carbocycles. The SMILES string of the molecule is CC(C)CC(CNCc1ccc(SC(F)(F)F)cc1)C(=O)O.